The van der Waals surface area contributed by atoms with Gasteiger partial charge in [0.1, 0.15) is 5.76 Å². The average Bonchev–Trinajstić information content (AvgIpc) is 3.07. The van der Waals surface area contributed by atoms with E-state index in [0.29, 0.717) is 27.1 Å². The zero-order chi connectivity index (χ0) is 17.8. The maximum absolute atomic E-state index is 12.2. The first kappa shape index (κ1) is 17.5. The Balaban J connectivity index is 1.66. The molecule has 2 N–H and O–H groups in total. The van der Waals surface area contributed by atoms with Gasteiger partial charge in [0, 0.05) is 16.3 Å². The van der Waals surface area contributed by atoms with Gasteiger partial charge < -0.3 is 9.73 Å². The molecule has 0 saturated heterocycles. The van der Waals surface area contributed by atoms with Crippen molar-refractivity contribution in [3.05, 3.63) is 76.5 Å². The van der Waals surface area contributed by atoms with Crippen LogP contribution < -0.4 is 10.6 Å². The molecule has 0 unspecified atom stereocenters. The number of carbonyl (C=O) groups is 1. The highest BCUT2D eigenvalue weighted by molar-refractivity contribution is 7.80. The lowest BCUT2D eigenvalue weighted by Crippen LogP contribution is -2.33. The molecule has 126 valence electrons. The molecule has 1 heterocycles. The number of benzene rings is 2. The third-order valence-electron chi connectivity index (χ3n) is 3.30. The van der Waals surface area contributed by atoms with Gasteiger partial charge in [-0.3, -0.25) is 10.1 Å². The Kier molecular flexibility index (Phi) is 5.38. The zero-order valence-corrected chi connectivity index (χ0v) is 15.1. The minimum atomic E-state index is -0.454. The fourth-order valence-corrected chi connectivity index (χ4v) is 2.69. The monoisotopic (exact) mass is 390 g/mol. The van der Waals surface area contributed by atoms with E-state index in [2.05, 4.69) is 10.6 Å². The van der Waals surface area contributed by atoms with E-state index >= 15 is 0 Å². The van der Waals surface area contributed by atoms with Crippen molar-refractivity contribution < 1.29 is 9.21 Å². The third kappa shape index (κ3) is 4.39. The van der Waals surface area contributed by atoms with Crippen molar-refractivity contribution in [2.45, 2.75) is 0 Å². The highest BCUT2D eigenvalue weighted by Gasteiger charge is 2.15. The normalized spacial score (nSPS) is 10.3. The summed E-state index contributed by atoms with van der Waals surface area (Å²) in [6.07, 6.45) is 0. The summed E-state index contributed by atoms with van der Waals surface area (Å²) in [6, 6.07) is 17.4. The molecule has 0 atom stereocenters. The van der Waals surface area contributed by atoms with Crippen LogP contribution in [0, 0.1) is 0 Å². The van der Waals surface area contributed by atoms with Crippen LogP contribution in [-0.4, -0.2) is 11.0 Å². The summed E-state index contributed by atoms with van der Waals surface area (Å²) in [7, 11) is 0. The van der Waals surface area contributed by atoms with Crippen molar-refractivity contribution in [2.75, 3.05) is 5.32 Å². The van der Waals surface area contributed by atoms with E-state index in [-0.39, 0.29) is 10.9 Å². The number of hydrogen-bond acceptors (Lipinski definition) is 3. The number of carbonyl (C=O) groups excluding carboxylic acids is 1. The Hall–Kier alpha value is -2.34. The van der Waals surface area contributed by atoms with E-state index in [1.165, 1.54) is 0 Å². The Morgan fingerprint density at radius 3 is 2.40 bits per heavy atom. The molecule has 0 bridgehead atoms. The summed E-state index contributed by atoms with van der Waals surface area (Å²) < 4.78 is 5.58. The quantitative estimate of drug-likeness (QED) is 0.589. The molecule has 1 amide bonds. The number of furan rings is 1. The van der Waals surface area contributed by atoms with Crippen molar-refractivity contribution in [3.8, 4) is 11.3 Å². The highest BCUT2D eigenvalue weighted by atomic mass is 35.5. The summed E-state index contributed by atoms with van der Waals surface area (Å²) in [5.41, 5.74) is 1.43. The Labute approximate surface area is 159 Å². The van der Waals surface area contributed by atoms with E-state index in [0.717, 1.165) is 0 Å². The van der Waals surface area contributed by atoms with Gasteiger partial charge in [0.05, 0.1) is 5.02 Å². The molecule has 0 aliphatic heterocycles. The number of nitrogens with one attached hydrogen (secondary N) is 2. The van der Waals surface area contributed by atoms with Crippen molar-refractivity contribution in [3.63, 3.8) is 0 Å². The lowest BCUT2D eigenvalue weighted by atomic mass is 10.2. The standard InChI is InChI=1S/C18H12Cl2N2O2S/c19-11-5-7-12(8-6-11)21-18(25)22-17(23)16-10-9-15(24-16)13-3-1-2-4-14(13)20/h1-10H,(H2,21,22,23,25). The molecule has 0 spiro atoms. The molecular formula is C18H12Cl2N2O2S. The molecule has 7 heteroatoms. The predicted octanol–water partition coefficient (Wildman–Crippen LogP) is 5.38. The summed E-state index contributed by atoms with van der Waals surface area (Å²) in [4.78, 5) is 12.2. The van der Waals surface area contributed by atoms with Crippen molar-refractivity contribution in [1.82, 2.24) is 5.32 Å². The minimum Gasteiger partial charge on any atom is -0.451 e. The van der Waals surface area contributed by atoms with Crippen LogP contribution >= 0.6 is 35.4 Å². The van der Waals surface area contributed by atoms with Gasteiger partial charge in [-0.25, -0.2) is 0 Å². The highest BCUT2D eigenvalue weighted by Crippen LogP contribution is 2.29. The van der Waals surface area contributed by atoms with Gasteiger partial charge in [-0.15, -0.1) is 0 Å². The summed E-state index contributed by atoms with van der Waals surface area (Å²) >= 11 is 17.1. The van der Waals surface area contributed by atoms with E-state index in [4.69, 9.17) is 39.8 Å². The molecule has 0 aliphatic carbocycles. The number of thiocarbonyl (C=S) groups is 1. The van der Waals surface area contributed by atoms with Gasteiger partial charge in [0.15, 0.2) is 10.9 Å². The number of amides is 1. The molecule has 3 aromatic rings. The van der Waals surface area contributed by atoms with Crippen LogP contribution in [0.3, 0.4) is 0 Å². The van der Waals surface area contributed by atoms with E-state index < -0.39 is 5.91 Å². The molecule has 2 aromatic carbocycles. The second-order valence-corrected chi connectivity index (χ2v) is 6.31. The lowest BCUT2D eigenvalue weighted by molar-refractivity contribution is 0.0951. The fraction of sp³-hybridized carbons (Fsp3) is 0. The van der Waals surface area contributed by atoms with Crippen LogP contribution in [0.25, 0.3) is 11.3 Å². The summed E-state index contributed by atoms with van der Waals surface area (Å²) in [5.74, 6) is 0.187. The van der Waals surface area contributed by atoms with E-state index in [1.54, 1.807) is 42.5 Å². The van der Waals surface area contributed by atoms with Crippen LogP contribution in [-0.2, 0) is 0 Å². The number of hydrogen-bond donors (Lipinski definition) is 2. The smallest absolute Gasteiger partial charge is 0.293 e. The van der Waals surface area contributed by atoms with Crippen molar-refractivity contribution >= 4 is 52.1 Å². The number of halogens is 2. The maximum Gasteiger partial charge on any atom is 0.293 e. The number of rotatable bonds is 3. The predicted molar refractivity (Wildman–Crippen MR) is 104 cm³/mol. The Morgan fingerprint density at radius 2 is 1.68 bits per heavy atom. The van der Waals surface area contributed by atoms with Gasteiger partial charge >= 0.3 is 0 Å². The van der Waals surface area contributed by atoms with Crippen LogP contribution in [0.5, 0.6) is 0 Å². The van der Waals surface area contributed by atoms with Crippen LogP contribution in [0.2, 0.25) is 10.0 Å². The second kappa shape index (κ2) is 7.70. The first-order valence-corrected chi connectivity index (χ1v) is 8.42. The summed E-state index contributed by atoms with van der Waals surface area (Å²) in [5, 5.41) is 6.77. The SMILES string of the molecule is O=C(NC(=S)Nc1ccc(Cl)cc1)c1ccc(-c2ccccc2Cl)o1. The molecule has 0 fully saturated rings. The van der Waals surface area contributed by atoms with Gasteiger partial charge in [-0.1, -0.05) is 35.3 Å². The lowest BCUT2D eigenvalue weighted by Gasteiger charge is -2.08. The molecule has 3 rings (SSSR count). The topological polar surface area (TPSA) is 54.3 Å². The van der Waals surface area contributed by atoms with Gasteiger partial charge in [0.25, 0.3) is 5.91 Å². The second-order valence-electron chi connectivity index (χ2n) is 5.06. The van der Waals surface area contributed by atoms with Crippen LogP contribution in [0.15, 0.2) is 65.1 Å². The fourth-order valence-electron chi connectivity index (χ4n) is 2.13. The molecule has 0 saturated carbocycles. The molecule has 4 nitrogen and oxygen atoms in total. The van der Waals surface area contributed by atoms with E-state index in [9.17, 15) is 4.79 Å². The van der Waals surface area contributed by atoms with Crippen molar-refractivity contribution in [1.29, 1.82) is 0 Å². The first-order chi connectivity index (χ1) is 12.0. The number of anilines is 1. The maximum atomic E-state index is 12.2. The van der Waals surface area contributed by atoms with Gasteiger partial charge in [0.2, 0.25) is 0 Å². The van der Waals surface area contributed by atoms with Crippen LogP contribution in [0.4, 0.5) is 5.69 Å². The minimum absolute atomic E-state index is 0.134. The van der Waals surface area contributed by atoms with Gasteiger partial charge in [-0.05, 0) is 60.7 Å². The molecule has 0 radical (unpaired) electrons. The first-order valence-electron chi connectivity index (χ1n) is 7.25. The Bertz CT molecular complexity index is 923. The van der Waals surface area contributed by atoms with Crippen molar-refractivity contribution in [2.24, 2.45) is 0 Å². The van der Waals surface area contributed by atoms with E-state index in [1.807, 2.05) is 18.2 Å². The summed E-state index contributed by atoms with van der Waals surface area (Å²) in [6.45, 7) is 0. The van der Waals surface area contributed by atoms with Crippen LogP contribution in [0.1, 0.15) is 10.6 Å². The largest absolute Gasteiger partial charge is 0.451 e. The Morgan fingerprint density at radius 1 is 0.960 bits per heavy atom. The zero-order valence-electron chi connectivity index (χ0n) is 12.8. The third-order valence-corrected chi connectivity index (χ3v) is 4.08. The molecule has 1 aromatic heterocycles. The molecule has 25 heavy (non-hydrogen) atoms. The molecule has 0 aliphatic rings. The van der Waals surface area contributed by atoms with Gasteiger partial charge in [-0.2, -0.15) is 0 Å². The average molecular weight is 391 g/mol. The molecular weight excluding hydrogens is 379 g/mol.